The summed E-state index contributed by atoms with van der Waals surface area (Å²) in [5, 5.41) is 4.31. The summed E-state index contributed by atoms with van der Waals surface area (Å²) >= 11 is 0. The highest BCUT2D eigenvalue weighted by molar-refractivity contribution is 7.91. The van der Waals surface area contributed by atoms with Gasteiger partial charge in [-0.1, -0.05) is 19.9 Å². The number of ketones is 1. The Morgan fingerprint density at radius 1 is 1.21 bits per heavy atom. The van der Waals surface area contributed by atoms with Gasteiger partial charge in [0, 0.05) is 29.2 Å². The zero-order valence-corrected chi connectivity index (χ0v) is 20.5. The number of ether oxygens (including phenoxy) is 1. The molecule has 1 saturated heterocycles. The van der Waals surface area contributed by atoms with E-state index >= 15 is 0 Å². The number of Topliss-reactive ketones (excluding diaryl/α,β-unsaturated/α-hetero) is 1. The molecule has 1 aliphatic heterocycles. The van der Waals surface area contributed by atoms with E-state index in [-0.39, 0.29) is 34.8 Å². The quantitative estimate of drug-likeness (QED) is 0.374. The first-order valence-corrected chi connectivity index (χ1v) is 13.0. The Morgan fingerprint density at radius 2 is 1.97 bits per heavy atom. The predicted octanol–water partition coefficient (Wildman–Crippen LogP) is 3.21. The van der Waals surface area contributed by atoms with Gasteiger partial charge in [-0.05, 0) is 44.4 Å². The number of pyridine rings is 1. The fraction of sp³-hybridized carbons (Fsp3) is 0.417. The van der Waals surface area contributed by atoms with Crippen LogP contribution >= 0.6 is 0 Å². The second kappa shape index (κ2) is 9.17. The van der Waals surface area contributed by atoms with Crippen molar-refractivity contribution >= 4 is 21.6 Å². The summed E-state index contributed by atoms with van der Waals surface area (Å²) in [4.78, 5) is 30.1. The van der Waals surface area contributed by atoms with Crippen LogP contribution in [0, 0.1) is 13.8 Å². The fourth-order valence-electron chi connectivity index (χ4n) is 4.62. The topological polar surface area (TPSA) is 113 Å². The summed E-state index contributed by atoms with van der Waals surface area (Å²) in [5.74, 6) is -0.191. The second-order valence-electron chi connectivity index (χ2n) is 8.91. The summed E-state index contributed by atoms with van der Waals surface area (Å²) in [6.07, 6.45) is 3.61. The molecule has 0 spiro atoms. The van der Waals surface area contributed by atoms with Crippen LogP contribution in [0.2, 0.25) is 0 Å². The summed E-state index contributed by atoms with van der Waals surface area (Å²) < 4.78 is 32.7. The van der Waals surface area contributed by atoms with Crippen molar-refractivity contribution in [2.45, 2.75) is 46.1 Å². The van der Waals surface area contributed by atoms with Crippen molar-refractivity contribution in [2.24, 2.45) is 0 Å². The third-order valence-corrected chi connectivity index (χ3v) is 7.88. The summed E-state index contributed by atoms with van der Waals surface area (Å²) in [5.41, 5.74) is 2.87. The minimum absolute atomic E-state index is 0.0376. The Kier molecular flexibility index (Phi) is 6.44. The number of rotatable bonds is 7. The van der Waals surface area contributed by atoms with E-state index in [0.29, 0.717) is 29.2 Å². The lowest BCUT2D eigenvalue weighted by Gasteiger charge is -2.16. The predicted molar refractivity (Wildman–Crippen MR) is 126 cm³/mol. The van der Waals surface area contributed by atoms with E-state index in [1.54, 1.807) is 36.0 Å². The molecule has 4 rings (SSSR count). The van der Waals surface area contributed by atoms with E-state index in [0.717, 1.165) is 5.69 Å². The Morgan fingerprint density at radius 3 is 2.59 bits per heavy atom. The SMILES string of the molecule is Cc1cc(C(=O)COC(=O)c2cnn(-c3ccccn3)c2C(C)C)c(C)n1C1CCS(=O)(=O)C1. The molecule has 3 aromatic rings. The summed E-state index contributed by atoms with van der Waals surface area (Å²) in [6.45, 7) is 7.10. The summed E-state index contributed by atoms with van der Waals surface area (Å²) in [6, 6.07) is 6.98. The number of aromatic nitrogens is 4. The van der Waals surface area contributed by atoms with Gasteiger partial charge in [-0.2, -0.15) is 5.10 Å². The highest BCUT2D eigenvalue weighted by Crippen LogP contribution is 2.29. The highest BCUT2D eigenvalue weighted by atomic mass is 32.2. The maximum Gasteiger partial charge on any atom is 0.342 e. The molecule has 0 N–H and O–H groups in total. The molecule has 4 heterocycles. The van der Waals surface area contributed by atoms with Crippen LogP contribution in [0.5, 0.6) is 0 Å². The van der Waals surface area contributed by atoms with Crippen molar-refractivity contribution < 1.29 is 22.7 Å². The Hall–Kier alpha value is -3.27. The largest absolute Gasteiger partial charge is 0.454 e. The van der Waals surface area contributed by atoms with Gasteiger partial charge < -0.3 is 9.30 Å². The van der Waals surface area contributed by atoms with Gasteiger partial charge in [0.2, 0.25) is 5.78 Å². The van der Waals surface area contributed by atoms with Gasteiger partial charge in [0.15, 0.2) is 22.3 Å². The first kappa shape index (κ1) is 23.9. The lowest BCUT2D eigenvalue weighted by atomic mass is 10.1. The Bertz CT molecular complexity index is 1340. The van der Waals surface area contributed by atoms with Crippen molar-refractivity contribution in [1.82, 2.24) is 19.3 Å². The smallest absolute Gasteiger partial charge is 0.342 e. The van der Waals surface area contributed by atoms with Crippen molar-refractivity contribution in [2.75, 3.05) is 18.1 Å². The van der Waals surface area contributed by atoms with Crippen molar-refractivity contribution in [3.63, 3.8) is 0 Å². The van der Waals surface area contributed by atoms with Gasteiger partial charge in [0.05, 0.1) is 23.4 Å². The number of hydrogen-bond donors (Lipinski definition) is 0. The molecule has 1 aliphatic rings. The molecular weight excluding hydrogens is 456 g/mol. The molecule has 0 radical (unpaired) electrons. The molecule has 0 aliphatic carbocycles. The number of esters is 1. The lowest BCUT2D eigenvalue weighted by molar-refractivity contribution is 0.0473. The normalized spacial score (nSPS) is 17.3. The molecule has 34 heavy (non-hydrogen) atoms. The molecule has 1 fully saturated rings. The van der Waals surface area contributed by atoms with Gasteiger partial charge in [-0.15, -0.1) is 0 Å². The Balaban J connectivity index is 1.51. The molecular formula is C24H28N4O5S. The molecule has 0 bridgehead atoms. The molecule has 1 unspecified atom stereocenters. The first-order valence-electron chi connectivity index (χ1n) is 11.2. The van der Waals surface area contributed by atoms with Crippen LogP contribution in [-0.4, -0.2) is 57.6 Å². The number of aryl methyl sites for hydroxylation is 1. The van der Waals surface area contributed by atoms with E-state index in [1.807, 2.05) is 31.4 Å². The average Bonchev–Trinajstić information content (AvgIpc) is 3.47. The van der Waals surface area contributed by atoms with Crippen LogP contribution in [0.3, 0.4) is 0 Å². The monoisotopic (exact) mass is 484 g/mol. The van der Waals surface area contributed by atoms with Crippen molar-refractivity contribution in [3.05, 3.63) is 64.9 Å². The number of hydrogen-bond acceptors (Lipinski definition) is 7. The van der Waals surface area contributed by atoms with E-state index in [2.05, 4.69) is 10.1 Å². The average molecular weight is 485 g/mol. The Labute approximate surface area is 198 Å². The third kappa shape index (κ3) is 4.54. The third-order valence-electron chi connectivity index (χ3n) is 6.13. The number of carbonyl (C=O) groups excluding carboxylic acids is 2. The van der Waals surface area contributed by atoms with Crippen LogP contribution in [0.1, 0.15) is 70.0 Å². The second-order valence-corrected chi connectivity index (χ2v) is 11.1. The van der Waals surface area contributed by atoms with E-state index in [9.17, 15) is 18.0 Å². The van der Waals surface area contributed by atoms with Crippen molar-refractivity contribution in [1.29, 1.82) is 0 Å². The lowest BCUT2D eigenvalue weighted by Crippen LogP contribution is -2.18. The van der Waals surface area contributed by atoms with Gasteiger partial charge in [0.25, 0.3) is 0 Å². The molecule has 180 valence electrons. The van der Waals surface area contributed by atoms with Gasteiger partial charge >= 0.3 is 5.97 Å². The molecule has 3 aromatic heterocycles. The molecule has 10 heteroatoms. The maximum absolute atomic E-state index is 12.9. The zero-order valence-electron chi connectivity index (χ0n) is 19.7. The molecule has 0 aromatic carbocycles. The van der Waals surface area contributed by atoms with E-state index < -0.39 is 22.4 Å². The van der Waals surface area contributed by atoms with Crippen LogP contribution in [0.15, 0.2) is 36.7 Å². The number of nitrogens with zero attached hydrogens (tertiary/aromatic N) is 4. The van der Waals surface area contributed by atoms with E-state index in [4.69, 9.17) is 4.74 Å². The molecule has 0 saturated carbocycles. The fourth-order valence-corrected chi connectivity index (χ4v) is 6.32. The standard InChI is InChI=1S/C24H28N4O5S/c1-15(2)23-20(12-26-28(23)22-7-5-6-9-25-22)24(30)33-13-21(29)19-11-16(3)27(17(19)4)18-8-10-34(31,32)14-18/h5-7,9,11-12,15,18H,8,10,13-14H2,1-4H3. The van der Waals surface area contributed by atoms with Gasteiger partial charge in [0.1, 0.15) is 5.56 Å². The molecule has 1 atom stereocenters. The molecule has 0 amide bonds. The van der Waals surface area contributed by atoms with Crippen LogP contribution in [0.4, 0.5) is 0 Å². The van der Waals surface area contributed by atoms with Crippen LogP contribution in [0.25, 0.3) is 5.82 Å². The zero-order chi connectivity index (χ0) is 24.6. The van der Waals surface area contributed by atoms with E-state index in [1.165, 1.54) is 6.20 Å². The minimum Gasteiger partial charge on any atom is -0.454 e. The van der Waals surface area contributed by atoms with Crippen LogP contribution in [-0.2, 0) is 14.6 Å². The van der Waals surface area contributed by atoms with Crippen LogP contribution < -0.4 is 0 Å². The number of carbonyl (C=O) groups is 2. The maximum atomic E-state index is 12.9. The van der Waals surface area contributed by atoms with Gasteiger partial charge in [-0.3, -0.25) is 4.79 Å². The summed E-state index contributed by atoms with van der Waals surface area (Å²) in [7, 11) is -3.06. The minimum atomic E-state index is -3.06. The highest BCUT2D eigenvalue weighted by Gasteiger charge is 2.32. The number of sulfone groups is 1. The molecule has 9 nitrogen and oxygen atoms in total. The van der Waals surface area contributed by atoms with Gasteiger partial charge in [-0.25, -0.2) is 22.9 Å². The van der Waals surface area contributed by atoms with Crippen molar-refractivity contribution in [3.8, 4) is 5.82 Å². The first-order chi connectivity index (χ1) is 16.1.